The van der Waals surface area contributed by atoms with Crippen LogP contribution in [0, 0.1) is 11.8 Å². The molecule has 0 fully saturated rings. The van der Waals surface area contributed by atoms with Gasteiger partial charge in [0.15, 0.2) is 0 Å². The maximum absolute atomic E-state index is 14.1. The number of rotatable bonds is 15. The van der Waals surface area contributed by atoms with Crippen molar-refractivity contribution >= 4 is 28.9 Å². The Balaban J connectivity index is 1.52. The van der Waals surface area contributed by atoms with Crippen LogP contribution in [-0.4, -0.2) is 56.8 Å². The molecular formula is C38H49N5O5. The molecule has 0 aliphatic rings. The first-order valence-corrected chi connectivity index (χ1v) is 16.7. The minimum absolute atomic E-state index is 0.0435. The summed E-state index contributed by atoms with van der Waals surface area (Å²) in [6.45, 7) is 9.40. The number of imidazole rings is 1. The van der Waals surface area contributed by atoms with Crippen molar-refractivity contribution in [3.05, 3.63) is 102 Å². The molecule has 10 heteroatoms. The van der Waals surface area contributed by atoms with E-state index in [9.17, 15) is 19.5 Å². The molecule has 4 aromatic rings. The highest BCUT2D eigenvalue weighted by atomic mass is 16.6. The van der Waals surface area contributed by atoms with Gasteiger partial charge in [0.2, 0.25) is 11.8 Å². The molecule has 5 atom stereocenters. The number of benzene rings is 3. The van der Waals surface area contributed by atoms with Gasteiger partial charge in [-0.05, 0) is 69.2 Å². The lowest BCUT2D eigenvalue weighted by Crippen LogP contribution is -2.53. The summed E-state index contributed by atoms with van der Waals surface area (Å²) < 4.78 is 5.50. The summed E-state index contributed by atoms with van der Waals surface area (Å²) in [5.74, 6) is -0.906. The van der Waals surface area contributed by atoms with E-state index < -0.39 is 35.8 Å². The number of carbonyl (C=O) groups excluding carboxylic acids is 3. The second-order valence-corrected chi connectivity index (χ2v) is 13.4. The minimum Gasteiger partial charge on any atom is -0.444 e. The Morgan fingerprint density at radius 2 is 1.46 bits per heavy atom. The molecule has 3 amide bonds. The number of amides is 3. The SMILES string of the molecule is CCC(C)C(NC(=O)[C@H](Cc1ccccc1)C[C@H](O)[C@H](Cc1ccccc1)NC(=O)OC(C)(C)C)C(=O)NCc1nc2ccccc2[nH]1. The second kappa shape index (κ2) is 16.9. The van der Waals surface area contributed by atoms with Gasteiger partial charge in [0, 0.05) is 5.92 Å². The summed E-state index contributed by atoms with van der Waals surface area (Å²) in [4.78, 5) is 48.2. The number of fused-ring (bicyclic) bond motifs is 1. The summed E-state index contributed by atoms with van der Waals surface area (Å²) >= 11 is 0. The van der Waals surface area contributed by atoms with Crippen LogP contribution >= 0.6 is 0 Å². The van der Waals surface area contributed by atoms with Crippen molar-refractivity contribution < 1.29 is 24.2 Å². The maximum Gasteiger partial charge on any atom is 0.407 e. The van der Waals surface area contributed by atoms with Crippen LogP contribution in [0.4, 0.5) is 4.79 Å². The average Bonchev–Trinajstić information content (AvgIpc) is 3.48. The van der Waals surface area contributed by atoms with E-state index in [4.69, 9.17) is 4.74 Å². The number of ether oxygens (including phenoxy) is 1. The van der Waals surface area contributed by atoms with Crippen molar-refractivity contribution in [2.75, 3.05) is 0 Å². The molecule has 0 aliphatic carbocycles. The highest BCUT2D eigenvalue weighted by Gasteiger charge is 2.33. The van der Waals surface area contributed by atoms with Gasteiger partial charge in [-0.15, -0.1) is 0 Å². The normalized spacial score (nSPS) is 14.7. The van der Waals surface area contributed by atoms with Gasteiger partial charge in [-0.25, -0.2) is 9.78 Å². The molecule has 256 valence electrons. The fourth-order valence-electron chi connectivity index (χ4n) is 5.59. The van der Waals surface area contributed by atoms with Crippen LogP contribution in [0.5, 0.6) is 0 Å². The number of aromatic amines is 1. The standard InChI is InChI=1S/C38H49N5O5/c1-6-25(2)34(36(46)39-24-33-40-29-19-13-14-20-30(29)41-33)43-35(45)28(21-26-15-9-7-10-16-26)23-32(44)31(22-27-17-11-8-12-18-27)42-37(47)48-38(3,4)5/h7-20,25,28,31-32,34,44H,6,21-24H2,1-5H3,(H,39,46)(H,40,41)(H,42,47)(H,43,45)/t25?,28-,31+,32+,34?/m1/s1. The molecule has 0 aliphatic heterocycles. The van der Waals surface area contributed by atoms with E-state index >= 15 is 0 Å². The fraction of sp³-hybridized carbons (Fsp3) is 0.421. The van der Waals surface area contributed by atoms with Crippen molar-refractivity contribution in [3.63, 3.8) is 0 Å². The number of nitrogens with one attached hydrogen (secondary N) is 4. The summed E-state index contributed by atoms with van der Waals surface area (Å²) in [5, 5.41) is 20.4. The monoisotopic (exact) mass is 655 g/mol. The third kappa shape index (κ3) is 10.9. The number of aliphatic hydroxyl groups is 1. The van der Waals surface area contributed by atoms with E-state index in [0.29, 0.717) is 25.1 Å². The van der Waals surface area contributed by atoms with Crippen molar-refractivity contribution in [3.8, 4) is 0 Å². The molecule has 0 radical (unpaired) electrons. The van der Waals surface area contributed by atoms with Crippen molar-refractivity contribution in [1.29, 1.82) is 0 Å². The average molecular weight is 656 g/mol. The van der Waals surface area contributed by atoms with Gasteiger partial charge in [-0.2, -0.15) is 0 Å². The zero-order chi connectivity index (χ0) is 34.7. The van der Waals surface area contributed by atoms with E-state index in [1.807, 2.05) is 98.8 Å². The smallest absolute Gasteiger partial charge is 0.407 e. The Kier molecular flexibility index (Phi) is 12.7. The Morgan fingerprint density at radius 1 is 0.854 bits per heavy atom. The quantitative estimate of drug-likeness (QED) is 0.115. The van der Waals surface area contributed by atoms with Crippen molar-refractivity contribution in [2.45, 2.75) is 90.6 Å². The summed E-state index contributed by atoms with van der Waals surface area (Å²) in [6, 6.07) is 25.2. The Morgan fingerprint density at radius 3 is 2.06 bits per heavy atom. The maximum atomic E-state index is 14.1. The highest BCUT2D eigenvalue weighted by Crippen LogP contribution is 2.21. The van der Waals surface area contributed by atoms with Crippen molar-refractivity contribution in [2.24, 2.45) is 11.8 Å². The fourth-order valence-corrected chi connectivity index (χ4v) is 5.59. The molecule has 4 rings (SSSR count). The van der Waals surface area contributed by atoms with Gasteiger partial charge >= 0.3 is 6.09 Å². The Hall–Kier alpha value is -4.70. The van der Waals surface area contributed by atoms with Gasteiger partial charge in [-0.3, -0.25) is 9.59 Å². The van der Waals surface area contributed by atoms with Gasteiger partial charge in [0.25, 0.3) is 0 Å². The molecule has 0 saturated carbocycles. The molecule has 10 nitrogen and oxygen atoms in total. The number of carbonyl (C=O) groups is 3. The molecular weight excluding hydrogens is 606 g/mol. The molecule has 1 aromatic heterocycles. The van der Waals surface area contributed by atoms with E-state index in [0.717, 1.165) is 22.2 Å². The molecule has 5 N–H and O–H groups in total. The third-order valence-electron chi connectivity index (χ3n) is 8.35. The molecule has 0 spiro atoms. The lowest BCUT2D eigenvalue weighted by Gasteiger charge is -2.30. The van der Waals surface area contributed by atoms with E-state index in [2.05, 4.69) is 25.9 Å². The Bertz CT molecular complexity index is 1590. The van der Waals surface area contributed by atoms with Gasteiger partial charge in [0.05, 0.1) is 29.7 Å². The van der Waals surface area contributed by atoms with Gasteiger partial charge in [-0.1, -0.05) is 93.1 Å². The van der Waals surface area contributed by atoms with Crippen LogP contribution in [0.3, 0.4) is 0 Å². The first kappa shape index (κ1) is 36.1. The molecule has 1 heterocycles. The highest BCUT2D eigenvalue weighted by molar-refractivity contribution is 5.89. The van der Waals surface area contributed by atoms with Crippen LogP contribution in [-0.2, 0) is 33.7 Å². The Labute approximate surface area is 283 Å². The van der Waals surface area contributed by atoms with Crippen LogP contribution in [0.1, 0.15) is 64.4 Å². The lowest BCUT2D eigenvalue weighted by atomic mass is 9.88. The molecule has 48 heavy (non-hydrogen) atoms. The molecule has 0 saturated heterocycles. The number of para-hydroxylation sites is 2. The third-order valence-corrected chi connectivity index (χ3v) is 8.35. The first-order valence-electron chi connectivity index (χ1n) is 16.7. The number of aromatic nitrogens is 2. The largest absolute Gasteiger partial charge is 0.444 e. The zero-order valence-electron chi connectivity index (χ0n) is 28.5. The topological polar surface area (TPSA) is 145 Å². The van der Waals surface area contributed by atoms with Gasteiger partial charge in [0.1, 0.15) is 17.5 Å². The van der Waals surface area contributed by atoms with Gasteiger partial charge < -0.3 is 30.8 Å². The number of hydrogen-bond acceptors (Lipinski definition) is 6. The van der Waals surface area contributed by atoms with E-state index in [-0.39, 0.29) is 30.7 Å². The summed E-state index contributed by atoms with van der Waals surface area (Å²) in [5.41, 5.74) is 2.79. The summed E-state index contributed by atoms with van der Waals surface area (Å²) in [6.07, 6.45) is -0.371. The van der Waals surface area contributed by atoms with Crippen LogP contribution in [0.15, 0.2) is 84.9 Å². The number of nitrogens with zero attached hydrogens (tertiary/aromatic N) is 1. The van der Waals surface area contributed by atoms with Crippen molar-refractivity contribution in [1.82, 2.24) is 25.9 Å². The van der Waals surface area contributed by atoms with Crippen LogP contribution < -0.4 is 16.0 Å². The number of hydrogen-bond donors (Lipinski definition) is 5. The zero-order valence-corrected chi connectivity index (χ0v) is 28.5. The first-order chi connectivity index (χ1) is 22.9. The predicted octanol–water partition coefficient (Wildman–Crippen LogP) is 5.46. The minimum atomic E-state index is -1.10. The predicted molar refractivity (Wildman–Crippen MR) is 187 cm³/mol. The molecule has 3 aromatic carbocycles. The van der Waals surface area contributed by atoms with Crippen LogP contribution in [0.25, 0.3) is 11.0 Å². The number of alkyl carbamates (subject to hydrolysis) is 1. The summed E-state index contributed by atoms with van der Waals surface area (Å²) in [7, 11) is 0. The number of H-pyrrole nitrogens is 1. The van der Waals surface area contributed by atoms with E-state index in [1.54, 1.807) is 20.8 Å². The molecule has 0 bridgehead atoms. The molecule has 2 unspecified atom stereocenters. The lowest BCUT2D eigenvalue weighted by molar-refractivity contribution is -0.133. The number of aliphatic hydroxyl groups excluding tert-OH is 1. The second-order valence-electron chi connectivity index (χ2n) is 13.4. The van der Waals surface area contributed by atoms with E-state index in [1.165, 1.54) is 0 Å². The van der Waals surface area contributed by atoms with Crippen LogP contribution in [0.2, 0.25) is 0 Å².